The van der Waals surface area contributed by atoms with Crippen molar-refractivity contribution in [3.63, 3.8) is 0 Å². The maximum atomic E-state index is 6.38. The molecule has 3 heteroatoms. The fourth-order valence-corrected chi connectivity index (χ4v) is 8.25. The zero-order valence-corrected chi connectivity index (χ0v) is 28.2. The third-order valence-corrected chi connectivity index (χ3v) is 10.7. The lowest BCUT2D eigenvalue weighted by Gasteiger charge is -2.10. The molecule has 0 N–H and O–H groups in total. The molecule has 3 aromatic heterocycles. The van der Waals surface area contributed by atoms with Gasteiger partial charge in [0.15, 0.2) is 0 Å². The largest absolute Gasteiger partial charge is 0.456 e. The van der Waals surface area contributed by atoms with Crippen LogP contribution in [0.15, 0.2) is 185 Å². The van der Waals surface area contributed by atoms with Crippen molar-refractivity contribution in [3.8, 4) is 16.8 Å². The molecule has 0 saturated heterocycles. The Morgan fingerprint density at radius 3 is 2.02 bits per heavy atom. The number of benzene rings is 7. The van der Waals surface area contributed by atoms with Gasteiger partial charge in [-0.25, -0.2) is 0 Å². The fraction of sp³-hybridized carbons (Fsp3) is 0.0204. The SMILES string of the molecule is C1=CC(c2ccc3c(c2)c2ccccc2n3-c2ccc(-c3cccc4oc5ccccc5c34)cc2)=CC=C(c2cccc3c2oc2ccccc23)C1. The number of nitrogens with zero attached hydrogens (tertiary/aromatic N) is 1. The number of allylic oxidation sites excluding steroid dienone is 6. The minimum absolute atomic E-state index is 0.832. The summed E-state index contributed by atoms with van der Waals surface area (Å²) in [5.41, 5.74) is 14.3. The average Bonchev–Trinajstić information content (AvgIpc) is 3.81. The van der Waals surface area contributed by atoms with Crippen LogP contribution in [0.3, 0.4) is 0 Å². The fourth-order valence-electron chi connectivity index (χ4n) is 8.25. The summed E-state index contributed by atoms with van der Waals surface area (Å²) in [5, 5.41) is 7.09. The van der Waals surface area contributed by atoms with Gasteiger partial charge in [-0.2, -0.15) is 0 Å². The molecule has 0 amide bonds. The topological polar surface area (TPSA) is 31.2 Å². The summed E-state index contributed by atoms with van der Waals surface area (Å²) in [7, 11) is 0. The van der Waals surface area contributed by atoms with Gasteiger partial charge in [-0.05, 0) is 82.8 Å². The number of hydrogen-bond donors (Lipinski definition) is 0. The van der Waals surface area contributed by atoms with Gasteiger partial charge in [0.25, 0.3) is 0 Å². The van der Waals surface area contributed by atoms with E-state index < -0.39 is 0 Å². The van der Waals surface area contributed by atoms with E-state index in [9.17, 15) is 0 Å². The van der Waals surface area contributed by atoms with Crippen LogP contribution in [0.1, 0.15) is 17.5 Å². The Kier molecular flexibility index (Phi) is 6.31. The van der Waals surface area contributed by atoms with E-state index in [1.165, 1.54) is 49.6 Å². The third kappa shape index (κ3) is 4.39. The summed E-state index contributed by atoms with van der Waals surface area (Å²) >= 11 is 0. The van der Waals surface area contributed by atoms with Crippen molar-refractivity contribution in [2.45, 2.75) is 6.42 Å². The lowest BCUT2D eigenvalue weighted by Crippen LogP contribution is -1.94. The summed E-state index contributed by atoms with van der Waals surface area (Å²) in [4.78, 5) is 0. The molecular weight excluding hydrogens is 635 g/mol. The Morgan fingerprint density at radius 2 is 1.13 bits per heavy atom. The van der Waals surface area contributed by atoms with Gasteiger partial charge in [0.1, 0.15) is 22.3 Å². The maximum absolute atomic E-state index is 6.38. The van der Waals surface area contributed by atoms with Crippen LogP contribution >= 0.6 is 0 Å². The molecule has 0 aliphatic heterocycles. The highest BCUT2D eigenvalue weighted by atomic mass is 16.3. The van der Waals surface area contributed by atoms with Gasteiger partial charge in [0.2, 0.25) is 0 Å². The minimum Gasteiger partial charge on any atom is -0.456 e. The molecule has 3 nitrogen and oxygen atoms in total. The van der Waals surface area contributed by atoms with E-state index in [0.717, 1.165) is 61.5 Å². The number of furan rings is 2. The summed E-state index contributed by atoms with van der Waals surface area (Å²) in [6, 6.07) is 53.9. The molecule has 10 aromatic rings. The highest BCUT2D eigenvalue weighted by molar-refractivity contribution is 6.13. The lowest BCUT2D eigenvalue weighted by atomic mass is 9.99. The normalized spacial score (nSPS) is 13.5. The molecule has 0 radical (unpaired) electrons. The van der Waals surface area contributed by atoms with Gasteiger partial charge in [-0.3, -0.25) is 0 Å². The first-order valence-corrected chi connectivity index (χ1v) is 17.8. The predicted molar refractivity (Wildman–Crippen MR) is 217 cm³/mol. The van der Waals surface area contributed by atoms with Crippen molar-refractivity contribution in [1.82, 2.24) is 4.57 Å². The molecule has 0 fully saturated rings. The zero-order valence-electron chi connectivity index (χ0n) is 28.2. The smallest absolute Gasteiger partial charge is 0.142 e. The van der Waals surface area contributed by atoms with Gasteiger partial charge in [-0.1, -0.05) is 127 Å². The Labute approximate surface area is 299 Å². The van der Waals surface area contributed by atoms with Crippen LogP contribution in [0.2, 0.25) is 0 Å². The number of para-hydroxylation sites is 4. The number of hydrogen-bond acceptors (Lipinski definition) is 2. The Morgan fingerprint density at radius 1 is 0.462 bits per heavy atom. The Balaban J connectivity index is 0.988. The molecule has 0 saturated carbocycles. The van der Waals surface area contributed by atoms with Gasteiger partial charge in [0, 0.05) is 43.6 Å². The molecule has 1 aliphatic carbocycles. The predicted octanol–water partition coefficient (Wildman–Crippen LogP) is 13.7. The molecule has 0 spiro atoms. The van der Waals surface area contributed by atoms with Crippen LogP contribution in [0.5, 0.6) is 0 Å². The van der Waals surface area contributed by atoms with Crippen LogP contribution < -0.4 is 0 Å². The van der Waals surface area contributed by atoms with Crippen molar-refractivity contribution in [1.29, 1.82) is 0 Å². The summed E-state index contributed by atoms with van der Waals surface area (Å²) < 4.78 is 15.0. The summed E-state index contributed by atoms with van der Waals surface area (Å²) in [5.74, 6) is 0. The van der Waals surface area contributed by atoms with Gasteiger partial charge >= 0.3 is 0 Å². The van der Waals surface area contributed by atoms with Crippen molar-refractivity contribution in [2.24, 2.45) is 0 Å². The van der Waals surface area contributed by atoms with Crippen LogP contribution in [-0.4, -0.2) is 4.57 Å². The van der Waals surface area contributed by atoms with E-state index in [2.05, 4.69) is 156 Å². The van der Waals surface area contributed by atoms with E-state index >= 15 is 0 Å². The summed E-state index contributed by atoms with van der Waals surface area (Å²) in [6.07, 6.45) is 9.88. The van der Waals surface area contributed by atoms with E-state index in [0.29, 0.717) is 0 Å². The van der Waals surface area contributed by atoms with E-state index in [1.807, 2.05) is 24.3 Å². The number of rotatable bonds is 4. The molecule has 0 bridgehead atoms. The van der Waals surface area contributed by atoms with Crippen molar-refractivity contribution in [2.75, 3.05) is 0 Å². The first-order valence-electron chi connectivity index (χ1n) is 17.8. The number of aromatic nitrogens is 1. The lowest BCUT2D eigenvalue weighted by molar-refractivity contribution is 0.667. The second kappa shape index (κ2) is 11.3. The standard InChI is InChI=1S/C49H31NO2/c1-4-18-43-38(12-1)42-30-34(31-10-7-11-32(23-22-31)37-16-8-17-40-39-13-2-5-19-45(39)52-49(37)40)26-29-44(42)50(43)35-27-24-33(25-28-35)36-15-9-21-47-48(36)41-14-3-6-20-46(41)51-47/h1-10,12-30H,11H2. The van der Waals surface area contributed by atoms with Crippen molar-refractivity contribution < 1.29 is 8.83 Å². The monoisotopic (exact) mass is 665 g/mol. The van der Waals surface area contributed by atoms with E-state index in [1.54, 1.807) is 0 Å². The molecule has 0 atom stereocenters. The molecule has 52 heavy (non-hydrogen) atoms. The van der Waals surface area contributed by atoms with Gasteiger partial charge in [0.05, 0.1) is 11.0 Å². The van der Waals surface area contributed by atoms with E-state index in [4.69, 9.17) is 8.83 Å². The van der Waals surface area contributed by atoms with Crippen molar-refractivity contribution in [3.05, 3.63) is 187 Å². The molecule has 244 valence electrons. The second-order valence-electron chi connectivity index (χ2n) is 13.6. The molecule has 3 heterocycles. The van der Waals surface area contributed by atoms with Gasteiger partial charge < -0.3 is 13.4 Å². The zero-order chi connectivity index (χ0) is 34.2. The average molecular weight is 666 g/mol. The summed E-state index contributed by atoms with van der Waals surface area (Å²) in [6.45, 7) is 0. The molecule has 0 unspecified atom stereocenters. The Bertz CT molecular complexity index is 3140. The first-order chi connectivity index (χ1) is 25.8. The first kappa shape index (κ1) is 28.9. The highest BCUT2D eigenvalue weighted by Gasteiger charge is 2.17. The van der Waals surface area contributed by atoms with Crippen LogP contribution in [-0.2, 0) is 0 Å². The highest BCUT2D eigenvalue weighted by Crippen LogP contribution is 2.40. The molecule has 11 rings (SSSR count). The van der Waals surface area contributed by atoms with Crippen LogP contribution in [0.25, 0.3) is 93.6 Å². The second-order valence-corrected chi connectivity index (χ2v) is 13.6. The van der Waals surface area contributed by atoms with Crippen LogP contribution in [0.4, 0.5) is 0 Å². The molecule has 1 aliphatic rings. The third-order valence-electron chi connectivity index (χ3n) is 10.7. The molecular formula is C49H31NO2. The Hall–Kier alpha value is -6.84. The number of fused-ring (bicyclic) bond motifs is 9. The van der Waals surface area contributed by atoms with E-state index in [-0.39, 0.29) is 0 Å². The minimum atomic E-state index is 0.832. The van der Waals surface area contributed by atoms with Crippen LogP contribution in [0, 0.1) is 0 Å². The quantitative estimate of drug-likeness (QED) is 0.187. The molecule has 7 aromatic carbocycles. The maximum Gasteiger partial charge on any atom is 0.142 e. The van der Waals surface area contributed by atoms with Gasteiger partial charge in [-0.15, -0.1) is 0 Å². The van der Waals surface area contributed by atoms with Crippen molar-refractivity contribution >= 4 is 76.8 Å².